The number of carboxylic acids is 2. The molecular weight excluding hydrogens is 451 g/mol. The second-order valence-corrected chi connectivity index (χ2v) is 11.7. The van der Waals surface area contributed by atoms with Gasteiger partial charge in [-0.05, 0) is 0 Å². The van der Waals surface area contributed by atoms with Crippen molar-refractivity contribution in [2.75, 3.05) is 0 Å². The van der Waals surface area contributed by atoms with Crippen LogP contribution in [0, 0.1) is 0 Å². The molecule has 0 fully saturated rings. The van der Waals surface area contributed by atoms with Crippen molar-refractivity contribution in [1.82, 2.24) is 0 Å². The zero-order chi connectivity index (χ0) is 23.9. The Kier molecular flexibility index (Phi) is 16.8. The first-order valence-corrected chi connectivity index (χ1v) is 13.9. The molecule has 0 heterocycles. The molecule has 8 nitrogen and oxygen atoms in total. The standard InChI is InChI=1S/C17H27O.C4H6O7S.K/c1-3-5-6-7-8-9-10-13-16-14-11-12-15-17(16)18-4-2;5-3(6)1-2(4(7)8)12(9,10)11;/h4,11-12,14-15H,3,5-10,13H2,1-2H3;2H,1H2,(H,5,6)(H,7,8)(H,9,10,11);. The van der Waals surface area contributed by atoms with Gasteiger partial charge in [0.15, 0.2) is 5.25 Å². The first-order valence-electron chi connectivity index (χ1n) is 10.6. The van der Waals surface area contributed by atoms with E-state index in [1.807, 2.05) is 0 Å². The van der Waals surface area contributed by atoms with E-state index < -0.39 is 33.7 Å². The molecule has 0 saturated heterocycles. The molecule has 1 aromatic rings. The minimum Gasteiger partial charge on any atom is -0.481 e. The van der Waals surface area contributed by atoms with Crippen LogP contribution in [-0.2, 0) is 26.1 Å². The summed E-state index contributed by atoms with van der Waals surface area (Å²) in [6.07, 6.45) is 9.62. The van der Waals surface area contributed by atoms with Crippen molar-refractivity contribution in [1.29, 1.82) is 0 Å². The Hall–Kier alpha value is -0.494. The molecule has 2 atom stereocenters. The van der Waals surface area contributed by atoms with Gasteiger partial charge in [0, 0.05) is 0 Å². The van der Waals surface area contributed by atoms with E-state index in [4.69, 9.17) is 19.5 Å². The van der Waals surface area contributed by atoms with Crippen LogP contribution in [0.5, 0.6) is 5.75 Å². The van der Waals surface area contributed by atoms with Crippen LogP contribution in [0.3, 0.4) is 0 Å². The van der Waals surface area contributed by atoms with Gasteiger partial charge in [0.05, 0.1) is 6.42 Å². The molecule has 0 bridgehead atoms. The normalized spacial score (nSPS) is 12.9. The molecule has 0 spiro atoms. The minimum absolute atomic E-state index is 0.447. The van der Waals surface area contributed by atoms with Crippen LogP contribution in [-0.4, -0.2) is 89.5 Å². The van der Waals surface area contributed by atoms with E-state index in [1.54, 1.807) is 0 Å². The van der Waals surface area contributed by atoms with Crippen molar-refractivity contribution in [2.45, 2.75) is 77.1 Å². The van der Waals surface area contributed by atoms with E-state index in [2.05, 4.69) is 38.1 Å². The zero-order valence-corrected chi connectivity index (χ0v) is 22.6. The van der Waals surface area contributed by atoms with Gasteiger partial charge in [-0.15, -0.1) is 0 Å². The Bertz CT molecular complexity index is 764. The van der Waals surface area contributed by atoms with Gasteiger partial charge in [-0.3, -0.25) is 14.1 Å². The van der Waals surface area contributed by atoms with Crippen molar-refractivity contribution in [3.63, 3.8) is 0 Å². The molecule has 172 valence electrons. The molecule has 0 aliphatic rings. The number of rotatable bonds is 14. The van der Waals surface area contributed by atoms with Crippen LogP contribution >= 0.6 is 0 Å². The molecule has 1 aromatic carbocycles. The third-order valence-electron chi connectivity index (χ3n) is 4.38. The molecule has 0 amide bonds. The van der Waals surface area contributed by atoms with Gasteiger partial charge in [0.2, 0.25) is 0 Å². The third kappa shape index (κ3) is 15.9. The number of ether oxygens (including phenoxy) is 1. The van der Waals surface area contributed by atoms with Crippen LogP contribution in [0.2, 0.25) is 0 Å². The fourth-order valence-corrected chi connectivity index (χ4v) is 3.83. The van der Waals surface area contributed by atoms with E-state index in [9.17, 15) is 18.0 Å². The van der Waals surface area contributed by atoms with Gasteiger partial charge >= 0.3 is 160 Å². The molecule has 31 heavy (non-hydrogen) atoms. The Morgan fingerprint density at radius 2 is 1.58 bits per heavy atom. The first kappa shape index (κ1) is 30.5. The number of carboxylic acid groups (broad SMARTS) is 2. The fraction of sp³-hybridized carbons (Fsp3) is 0.619. The van der Waals surface area contributed by atoms with Gasteiger partial charge in [-0.2, -0.15) is 8.42 Å². The van der Waals surface area contributed by atoms with E-state index in [1.165, 1.54) is 56.9 Å². The third-order valence-corrected chi connectivity index (χ3v) is 5.84. The fourth-order valence-electron chi connectivity index (χ4n) is 2.83. The van der Waals surface area contributed by atoms with Crippen molar-refractivity contribution >= 4 is 71.0 Å². The van der Waals surface area contributed by atoms with E-state index >= 15 is 0 Å². The maximum Gasteiger partial charge on any atom is 0.325 e. The Morgan fingerprint density at radius 1 is 1.03 bits per heavy atom. The average Bonchev–Trinajstić information content (AvgIpc) is 2.65. The number of aliphatic carboxylic acids is 2. The molecule has 0 radical (unpaired) electrons. The van der Waals surface area contributed by atoms with Crippen LogP contribution in [0.4, 0.5) is 0 Å². The molecule has 10 heteroatoms. The number of benzene rings is 1. The summed E-state index contributed by atoms with van der Waals surface area (Å²) in [6.45, 7) is 4.44. The Labute approximate surface area is 219 Å². The summed E-state index contributed by atoms with van der Waals surface area (Å²) in [5, 5.41) is 13.9. The summed E-state index contributed by atoms with van der Waals surface area (Å²) in [5.41, 5.74) is 1.40. The number of unbranched alkanes of at least 4 members (excludes halogenated alkanes) is 6. The largest absolute Gasteiger partial charge is 0.481 e. The second-order valence-electron chi connectivity index (χ2n) is 7.59. The molecule has 2 unspecified atom stereocenters. The molecular formula is C21H33KO8S. The summed E-state index contributed by atoms with van der Waals surface area (Å²) in [5.74, 6) is -2.38. The van der Waals surface area contributed by atoms with E-state index in [0.717, 1.165) is 54.7 Å². The first-order chi connectivity index (χ1) is 14.5. The Balaban J connectivity index is 0.000000649. The molecule has 0 aromatic heterocycles. The van der Waals surface area contributed by atoms with Crippen molar-refractivity contribution < 1.29 is 37.5 Å². The number of hydrogen-bond acceptors (Lipinski definition) is 5. The van der Waals surface area contributed by atoms with Gasteiger partial charge in [0.1, 0.15) is 0 Å². The summed E-state index contributed by atoms with van der Waals surface area (Å²) in [7, 11) is -4.84. The predicted molar refractivity (Wildman–Crippen MR) is 119 cm³/mol. The van der Waals surface area contributed by atoms with Crippen LogP contribution in [0.15, 0.2) is 24.3 Å². The van der Waals surface area contributed by atoms with Gasteiger partial charge < -0.3 is 10.2 Å². The van der Waals surface area contributed by atoms with Crippen LogP contribution in [0.1, 0.15) is 70.8 Å². The van der Waals surface area contributed by atoms with Gasteiger partial charge in [-0.25, -0.2) is 0 Å². The number of aryl methyl sites for hydroxylation is 1. The maximum atomic E-state index is 10.2. The molecule has 1 rings (SSSR count). The van der Waals surface area contributed by atoms with E-state index in [0.29, 0.717) is 0.199 Å². The minimum atomic E-state index is -4.84. The zero-order valence-electron chi connectivity index (χ0n) is 18.6. The second kappa shape index (κ2) is 17.0. The SMILES string of the molecule is CCCCCCCCCc1ccccc1O[CH](C)[K].O=C(O)CC(C(=O)O)S(=O)(=O)O. The Morgan fingerprint density at radius 3 is 2.03 bits per heavy atom. The summed E-state index contributed by atoms with van der Waals surface area (Å²) in [6, 6.07) is 8.56. The van der Waals surface area contributed by atoms with E-state index in [-0.39, 0.29) is 0 Å². The maximum absolute atomic E-state index is 10.2. The molecule has 0 aliphatic heterocycles. The van der Waals surface area contributed by atoms with Crippen LogP contribution < -0.4 is 4.74 Å². The summed E-state index contributed by atoms with van der Waals surface area (Å²) >= 11 is 0.736. The smallest absolute Gasteiger partial charge is 0.325 e. The average molecular weight is 485 g/mol. The molecule has 3 N–H and O–H groups in total. The van der Waals surface area contributed by atoms with Crippen molar-refractivity contribution in [2.24, 2.45) is 0 Å². The summed E-state index contributed by atoms with van der Waals surface area (Å²) in [4.78, 5) is 20.0. The quantitative estimate of drug-likeness (QED) is 0.206. The van der Waals surface area contributed by atoms with Crippen molar-refractivity contribution in [3.8, 4) is 5.75 Å². The predicted octanol–water partition coefficient (Wildman–Crippen LogP) is 3.68. The van der Waals surface area contributed by atoms with Gasteiger partial charge in [-0.1, -0.05) is 6.92 Å². The monoisotopic (exact) mass is 484 g/mol. The van der Waals surface area contributed by atoms with Crippen molar-refractivity contribution in [3.05, 3.63) is 29.8 Å². The molecule has 0 saturated carbocycles. The molecule has 0 aliphatic carbocycles. The van der Waals surface area contributed by atoms with Gasteiger partial charge in [0.25, 0.3) is 10.1 Å². The topological polar surface area (TPSA) is 138 Å². The summed E-state index contributed by atoms with van der Waals surface area (Å²) < 4.78 is 35.1. The number of carbonyl (C=O) groups is 2. The number of hydrogen-bond donors (Lipinski definition) is 3. The number of para-hydroxylation sites is 1. The van der Waals surface area contributed by atoms with Crippen LogP contribution in [0.25, 0.3) is 0 Å².